The van der Waals surface area contributed by atoms with Gasteiger partial charge in [0.1, 0.15) is 0 Å². The Hall–Kier alpha value is -2.16. The first-order chi connectivity index (χ1) is 8.27. The zero-order valence-electron chi connectivity index (χ0n) is 9.41. The van der Waals surface area contributed by atoms with Crippen LogP contribution in [0.4, 0.5) is 0 Å². The summed E-state index contributed by atoms with van der Waals surface area (Å²) in [5.74, 6) is -0.597. The maximum absolute atomic E-state index is 11.5. The second-order valence-electron chi connectivity index (χ2n) is 3.93. The van der Waals surface area contributed by atoms with Crippen LogP contribution in [0.25, 0.3) is 0 Å². The van der Waals surface area contributed by atoms with Gasteiger partial charge in [0.05, 0.1) is 5.92 Å². The molecule has 0 aliphatic heterocycles. The lowest BCUT2D eigenvalue weighted by Gasteiger charge is -2.13. The quantitative estimate of drug-likeness (QED) is 0.865. The number of pyridine rings is 1. The van der Waals surface area contributed by atoms with Gasteiger partial charge in [0, 0.05) is 12.4 Å². The Balaban J connectivity index is 2.23. The Kier molecular flexibility index (Phi) is 3.50. The van der Waals surface area contributed by atoms with Crippen molar-refractivity contribution >= 4 is 5.91 Å². The monoisotopic (exact) mass is 226 g/mol. The molecule has 17 heavy (non-hydrogen) atoms. The van der Waals surface area contributed by atoms with Gasteiger partial charge in [0.15, 0.2) is 0 Å². The highest BCUT2D eigenvalue weighted by atomic mass is 16.1. The van der Waals surface area contributed by atoms with E-state index < -0.39 is 0 Å². The Labute approximate surface area is 100 Å². The fraction of sp³-hybridized carbons (Fsp3) is 0.143. The smallest absolute Gasteiger partial charge is 0.225 e. The molecule has 0 aliphatic carbocycles. The van der Waals surface area contributed by atoms with Crippen LogP contribution in [0.3, 0.4) is 0 Å². The molecule has 3 heteroatoms. The zero-order valence-corrected chi connectivity index (χ0v) is 9.41. The number of nitrogens with zero attached hydrogens (tertiary/aromatic N) is 1. The molecule has 3 nitrogen and oxygen atoms in total. The molecule has 1 amide bonds. The normalized spacial score (nSPS) is 12.0. The predicted molar refractivity (Wildman–Crippen MR) is 66.3 cm³/mol. The maximum Gasteiger partial charge on any atom is 0.225 e. The molecule has 0 saturated carbocycles. The molecule has 1 atom stereocenters. The summed E-state index contributed by atoms with van der Waals surface area (Å²) in [4.78, 5) is 15.5. The van der Waals surface area contributed by atoms with Crippen LogP contribution < -0.4 is 5.73 Å². The van der Waals surface area contributed by atoms with Crippen LogP contribution in [0.2, 0.25) is 0 Å². The van der Waals surface area contributed by atoms with Gasteiger partial charge in [-0.25, -0.2) is 0 Å². The van der Waals surface area contributed by atoms with Crippen LogP contribution in [0.5, 0.6) is 0 Å². The van der Waals surface area contributed by atoms with E-state index in [1.54, 1.807) is 12.4 Å². The summed E-state index contributed by atoms with van der Waals surface area (Å²) in [6, 6.07) is 13.4. The molecule has 1 heterocycles. The summed E-state index contributed by atoms with van der Waals surface area (Å²) in [6.45, 7) is 0. The van der Waals surface area contributed by atoms with Gasteiger partial charge in [0.2, 0.25) is 5.91 Å². The van der Waals surface area contributed by atoms with E-state index in [4.69, 9.17) is 5.73 Å². The summed E-state index contributed by atoms with van der Waals surface area (Å²) < 4.78 is 0. The van der Waals surface area contributed by atoms with Crippen molar-refractivity contribution in [2.24, 2.45) is 5.73 Å². The van der Waals surface area contributed by atoms with Crippen molar-refractivity contribution < 1.29 is 4.79 Å². The number of carbonyl (C=O) groups excluding carboxylic acids is 1. The second-order valence-corrected chi connectivity index (χ2v) is 3.93. The molecule has 0 saturated heterocycles. The fourth-order valence-corrected chi connectivity index (χ4v) is 1.82. The van der Waals surface area contributed by atoms with Gasteiger partial charge in [-0.15, -0.1) is 0 Å². The summed E-state index contributed by atoms with van der Waals surface area (Å²) in [5, 5.41) is 0. The van der Waals surface area contributed by atoms with Crippen molar-refractivity contribution in [1.82, 2.24) is 4.98 Å². The van der Waals surface area contributed by atoms with Gasteiger partial charge in [0.25, 0.3) is 0 Å². The van der Waals surface area contributed by atoms with Crippen LogP contribution >= 0.6 is 0 Å². The first kappa shape index (κ1) is 11.3. The molecular weight excluding hydrogens is 212 g/mol. The van der Waals surface area contributed by atoms with Crippen molar-refractivity contribution in [1.29, 1.82) is 0 Å². The highest BCUT2D eigenvalue weighted by molar-refractivity contribution is 5.82. The van der Waals surface area contributed by atoms with Crippen LogP contribution in [-0.4, -0.2) is 10.9 Å². The number of rotatable bonds is 4. The van der Waals surface area contributed by atoms with E-state index in [1.165, 1.54) is 0 Å². The predicted octanol–water partition coefficient (Wildman–Crippen LogP) is 1.89. The van der Waals surface area contributed by atoms with Crippen LogP contribution in [0, 0.1) is 0 Å². The van der Waals surface area contributed by atoms with E-state index in [2.05, 4.69) is 4.98 Å². The van der Waals surface area contributed by atoms with Gasteiger partial charge in [-0.1, -0.05) is 36.4 Å². The number of hydrogen-bond acceptors (Lipinski definition) is 2. The summed E-state index contributed by atoms with van der Waals surface area (Å²) in [7, 11) is 0. The van der Waals surface area contributed by atoms with Gasteiger partial charge < -0.3 is 5.73 Å². The number of primary amides is 1. The molecule has 0 radical (unpaired) electrons. The minimum atomic E-state index is -0.306. The van der Waals surface area contributed by atoms with Crippen molar-refractivity contribution in [3.8, 4) is 0 Å². The van der Waals surface area contributed by atoms with Gasteiger partial charge >= 0.3 is 0 Å². The molecule has 1 aromatic heterocycles. The van der Waals surface area contributed by atoms with E-state index in [0.717, 1.165) is 11.1 Å². The molecule has 1 unspecified atom stereocenters. The lowest BCUT2D eigenvalue weighted by Crippen LogP contribution is -2.23. The Bertz CT molecular complexity index is 482. The van der Waals surface area contributed by atoms with Crippen molar-refractivity contribution in [3.63, 3.8) is 0 Å². The second kappa shape index (κ2) is 5.25. The summed E-state index contributed by atoms with van der Waals surface area (Å²) in [6.07, 6.45) is 4.07. The molecule has 0 aliphatic rings. The molecule has 0 fully saturated rings. The highest BCUT2D eigenvalue weighted by Gasteiger charge is 2.17. The lowest BCUT2D eigenvalue weighted by molar-refractivity contribution is -0.119. The first-order valence-electron chi connectivity index (χ1n) is 5.50. The third-order valence-electron chi connectivity index (χ3n) is 2.71. The molecule has 0 bridgehead atoms. The summed E-state index contributed by atoms with van der Waals surface area (Å²) >= 11 is 0. The zero-order chi connectivity index (χ0) is 12.1. The number of aromatic nitrogens is 1. The van der Waals surface area contributed by atoms with Crippen LogP contribution in [0.15, 0.2) is 54.9 Å². The Morgan fingerprint density at radius 2 is 1.94 bits per heavy atom. The topological polar surface area (TPSA) is 56.0 Å². The van der Waals surface area contributed by atoms with Gasteiger partial charge in [-0.3, -0.25) is 9.78 Å². The molecule has 2 aromatic rings. The van der Waals surface area contributed by atoms with Crippen molar-refractivity contribution in [2.75, 3.05) is 0 Å². The third kappa shape index (κ3) is 2.91. The minimum absolute atomic E-state index is 0.291. The maximum atomic E-state index is 11.5. The average molecular weight is 226 g/mol. The number of nitrogens with two attached hydrogens (primary N) is 1. The van der Waals surface area contributed by atoms with E-state index in [9.17, 15) is 4.79 Å². The third-order valence-corrected chi connectivity index (χ3v) is 2.71. The number of benzene rings is 1. The van der Waals surface area contributed by atoms with Crippen molar-refractivity contribution in [2.45, 2.75) is 12.3 Å². The standard InChI is InChI=1S/C14H14N2O/c15-14(17)13(12-6-2-1-3-7-12)9-11-5-4-8-16-10-11/h1-8,10,13H,9H2,(H2,15,17). The van der Waals surface area contributed by atoms with Crippen LogP contribution in [-0.2, 0) is 11.2 Å². The lowest BCUT2D eigenvalue weighted by atomic mass is 9.92. The Morgan fingerprint density at radius 3 is 2.53 bits per heavy atom. The van der Waals surface area contributed by atoms with Crippen molar-refractivity contribution in [3.05, 3.63) is 66.0 Å². The number of carbonyl (C=O) groups is 1. The number of hydrogen-bond donors (Lipinski definition) is 1. The Morgan fingerprint density at radius 1 is 1.18 bits per heavy atom. The molecule has 2 N–H and O–H groups in total. The first-order valence-corrected chi connectivity index (χ1v) is 5.50. The van der Waals surface area contributed by atoms with E-state index in [1.807, 2.05) is 42.5 Å². The van der Waals surface area contributed by atoms with E-state index in [-0.39, 0.29) is 11.8 Å². The largest absolute Gasteiger partial charge is 0.369 e. The molecule has 86 valence electrons. The average Bonchev–Trinajstić information content (AvgIpc) is 2.38. The van der Waals surface area contributed by atoms with Crippen LogP contribution in [0.1, 0.15) is 17.0 Å². The minimum Gasteiger partial charge on any atom is -0.369 e. The van der Waals surface area contributed by atoms with E-state index >= 15 is 0 Å². The fourth-order valence-electron chi connectivity index (χ4n) is 1.82. The molecule has 2 rings (SSSR count). The summed E-state index contributed by atoms with van der Waals surface area (Å²) in [5.41, 5.74) is 7.42. The van der Waals surface area contributed by atoms with Gasteiger partial charge in [-0.2, -0.15) is 0 Å². The molecular formula is C14H14N2O. The molecule has 0 spiro atoms. The van der Waals surface area contributed by atoms with Gasteiger partial charge in [-0.05, 0) is 23.6 Å². The SMILES string of the molecule is NC(=O)C(Cc1cccnc1)c1ccccc1. The van der Waals surface area contributed by atoms with E-state index in [0.29, 0.717) is 6.42 Å². The number of amides is 1. The molecule has 1 aromatic carbocycles. The highest BCUT2D eigenvalue weighted by Crippen LogP contribution is 2.19.